The first kappa shape index (κ1) is 9.56. The summed E-state index contributed by atoms with van der Waals surface area (Å²) in [6, 6.07) is 0. The Morgan fingerprint density at radius 1 is 1.80 bits per heavy atom. The zero-order chi connectivity index (χ0) is 7.98. The number of hydrogen-bond donors (Lipinski definition) is 0. The Hall–Kier alpha value is -0.440. The second-order valence-electron chi connectivity index (χ2n) is 2.07. The summed E-state index contributed by atoms with van der Waals surface area (Å²) in [5.41, 5.74) is 0. The van der Waals surface area contributed by atoms with Gasteiger partial charge in [0.05, 0.1) is 0 Å². The minimum absolute atomic E-state index is 0.169. The predicted molar refractivity (Wildman–Crippen MR) is 44.1 cm³/mol. The molecular weight excluding hydrogens is 148 g/mol. The Bertz CT molecular complexity index is 123. The van der Waals surface area contributed by atoms with E-state index in [1.165, 1.54) is 12.3 Å². The van der Waals surface area contributed by atoms with Crippen molar-refractivity contribution in [3.63, 3.8) is 0 Å². The molecule has 0 N–H and O–H groups in total. The molecule has 0 aliphatic rings. The minimum atomic E-state index is -0.264. The zero-order valence-electron chi connectivity index (χ0n) is 6.29. The highest BCUT2D eigenvalue weighted by molar-refractivity contribution is 7.79. The first-order chi connectivity index (χ1) is 4.70. The van der Waals surface area contributed by atoms with Crippen molar-refractivity contribution in [1.82, 2.24) is 0 Å². The van der Waals surface area contributed by atoms with Crippen LogP contribution in [0.1, 0.15) is 26.7 Å². The van der Waals surface area contributed by atoms with Crippen molar-refractivity contribution in [2.24, 2.45) is 0 Å². The quantitative estimate of drug-likeness (QED) is 0.462. The van der Waals surface area contributed by atoms with Gasteiger partial charge in [-0.2, -0.15) is 0 Å². The Kier molecular flexibility index (Phi) is 5.12. The van der Waals surface area contributed by atoms with Crippen LogP contribution in [0.25, 0.3) is 0 Å². The van der Waals surface area contributed by atoms with Crippen LogP contribution in [-0.4, -0.2) is 17.4 Å². The predicted octanol–water partition coefficient (Wildman–Crippen LogP) is 1.72. The van der Waals surface area contributed by atoms with Crippen molar-refractivity contribution in [3.05, 3.63) is 0 Å². The summed E-state index contributed by atoms with van der Waals surface area (Å²) in [7, 11) is 0. The Balaban J connectivity index is 3.59. The van der Waals surface area contributed by atoms with Crippen molar-refractivity contribution < 1.29 is 9.53 Å². The highest BCUT2D eigenvalue weighted by atomic mass is 32.1. The third-order valence-corrected chi connectivity index (χ3v) is 1.35. The number of carbonyl (C=O) groups is 1. The van der Waals surface area contributed by atoms with E-state index in [2.05, 4.69) is 12.2 Å². The fourth-order valence-corrected chi connectivity index (χ4v) is 0.844. The molecule has 0 rings (SSSR count). The summed E-state index contributed by atoms with van der Waals surface area (Å²) in [5, 5.41) is 1.49. The molecule has 0 aromatic rings. The van der Waals surface area contributed by atoms with Crippen LogP contribution in [0.5, 0.6) is 0 Å². The maximum atomic E-state index is 10.4. The van der Waals surface area contributed by atoms with Gasteiger partial charge in [-0.1, -0.05) is 25.6 Å². The van der Waals surface area contributed by atoms with Gasteiger partial charge in [0.25, 0.3) is 0 Å². The van der Waals surface area contributed by atoms with Crippen LogP contribution in [0, 0.1) is 0 Å². The molecule has 0 aromatic heterocycles. The molecule has 58 valence electrons. The van der Waals surface area contributed by atoms with Gasteiger partial charge in [0.2, 0.25) is 0 Å². The molecule has 2 nitrogen and oxygen atoms in total. The summed E-state index contributed by atoms with van der Waals surface area (Å²) in [5.74, 6) is -0.264. The number of carbonyl (C=O) groups excluding carboxylic acids is 1. The van der Waals surface area contributed by atoms with Crippen LogP contribution >= 0.6 is 12.2 Å². The van der Waals surface area contributed by atoms with Crippen LogP contribution in [0.15, 0.2) is 0 Å². The molecular formula is C7H12O2S. The van der Waals surface area contributed by atoms with Crippen LogP contribution in [-0.2, 0) is 9.53 Å². The fourth-order valence-electron chi connectivity index (χ4n) is 0.652. The van der Waals surface area contributed by atoms with Gasteiger partial charge in [-0.25, -0.2) is 0 Å². The van der Waals surface area contributed by atoms with E-state index in [0.717, 1.165) is 12.8 Å². The number of ether oxygens (including phenoxy) is 1. The summed E-state index contributed by atoms with van der Waals surface area (Å²) < 4.78 is 4.84. The first-order valence-corrected chi connectivity index (χ1v) is 3.80. The number of rotatable bonds is 4. The van der Waals surface area contributed by atoms with Crippen LogP contribution < -0.4 is 0 Å². The van der Waals surface area contributed by atoms with E-state index in [9.17, 15) is 4.79 Å². The van der Waals surface area contributed by atoms with Gasteiger partial charge in [0.1, 0.15) is 6.10 Å². The molecule has 3 heteroatoms. The second-order valence-corrected chi connectivity index (χ2v) is 2.34. The lowest BCUT2D eigenvalue weighted by Gasteiger charge is -2.09. The minimum Gasteiger partial charge on any atom is -0.457 e. The van der Waals surface area contributed by atoms with Crippen LogP contribution in [0.4, 0.5) is 0 Å². The lowest BCUT2D eigenvalue weighted by atomic mass is 10.2. The molecule has 0 aromatic carbocycles. The van der Waals surface area contributed by atoms with E-state index >= 15 is 0 Å². The lowest BCUT2D eigenvalue weighted by molar-refractivity contribution is -0.143. The summed E-state index contributed by atoms with van der Waals surface area (Å²) >= 11 is 4.66. The Labute approximate surface area is 66.6 Å². The zero-order valence-corrected chi connectivity index (χ0v) is 7.11. The molecule has 0 radical (unpaired) electrons. The molecule has 0 heterocycles. The monoisotopic (exact) mass is 160 g/mol. The van der Waals surface area contributed by atoms with E-state index < -0.39 is 0 Å². The van der Waals surface area contributed by atoms with Gasteiger partial charge in [0, 0.05) is 12.3 Å². The van der Waals surface area contributed by atoms with Gasteiger partial charge >= 0.3 is 5.97 Å². The molecule has 0 bridgehead atoms. The van der Waals surface area contributed by atoms with Gasteiger partial charge in [-0.3, -0.25) is 4.79 Å². The molecule has 1 unspecified atom stereocenters. The molecule has 10 heavy (non-hydrogen) atoms. The third-order valence-electron chi connectivity index (χ3n) is 1.04. The molecule has 0 aliphatic carbocycles. The molecule has 0 aliphatic heterocycles. The van der Waals surface area contributed by atoms with E-state index in [1.54, 1.807) is 0 Å². The van der Waals surface area contributed by atoms with Gasteiger partial charge < -0.3 is 4.74 Å². The molecule has 0 saturated heterocycles. The van der Waals surface area contributed by atoms with Gasteiger partial charge in [-0.05, 0) is 6.42 Å². The lowest BCUT2D eigenvalue weighted by Crippen LogP contribution is -2.16. The van der Waals surface area contributed by atoms with Crippen molar-refractivity contribution in [1.29, 1.82) is 0 Å². The van der Waals surface area contributed by atoms with Crippen molar-refractivity contribution >= 4 is 23.6 Å². The fraction of sp³-hybridized carbons (Fsp3) is 0.714. The van der Waals surface area contributed by atoms with E-state index in [4.69, 9.17) is 4.74 Å². The smallest absolute Gasteiger partial charge is 0.303 e. The summed E-state index contributed by atoms with van der Waals surface area (Å²) in [4.78, 5) is 10.4. The van der Waals surface area contributed by atoms with Crippen molar-refractivity contribution in [2.45, 2.75) is 32.8 Å². The summed E-state index contributed by atoms with van der Waals surface area (Å²) in [6.45, 7) is 3.41. The van der Waals surface area contributed by atoms with Crippen LogP contribution in [0.2, 0.25) is 0 Å². The Morgan fingerprint density at radius 2 is 2.40 bits per heavy atom. The van der Waals surface area contributed by atoms with Crippen molar-refractivity contribution in [3.8, 4) is 0 Å². The molecule has 0 amide bonds. The molecule has 0 fully saturated rings. The van der Waals surface area contributed by atoms with Gasteiger partial charge in [-0.15, -0.1) is 0 Å². The van der Waals surface area contributed by atoms with E-state index in [0.29, 0.717) is 0 Å². The highest BCUT2D eigenvalue weighted by Crippen LogP contribution is 1.99. The normalized spacial score (nSPS) is 12.2. The summed E-state index contributed by atoms with van der Waals surface area (Å²) in [6.07, 6.45) is 1.63. The highest BCUT2D eigenvalue weighted by Gasteiger charge is 2.05. The maximum absolute atomic E-state index is 10.4. The van der Waals surface area contributed by atoms with E-state index in [1.807, 2.05) is 6.92 Å². The van der Waals surface area contributed by atoms with Crippen LogP contribution in [0.3, 0.4) is 0 Å². The first-order valence-electron chi connectivity index (χ1n) is 3.33. The second kappa shape index (κ2) is 5.35. The average Bonchev–Trinajstić information content (AvgIpc) is 1.86. The van der Waals surface area contributed by atoms with Gasteiger partial charge in [0.15, 0.2) is 0 Å². The van der Waals surface area contributed by atoms with Crippen molar-refractivity contribution in [2.75, 3.05) is 0 Å². The number of esters is 1. The molecule has 0 spiro atoms. The van der Waals surface area contributed by atoms with E-state index in [-0.39, 0.29) is 12.1 Å². The maximum Gasteiger partial charge on any atom is 0.303 e. The topological polar surface area (TPSA) is 26.3 Å². The average molecular weight is 160 g/mol. The number of thiocarbonyl (C=S) groups is 1. The third kappa shape index (κ3) is 4.44. The Morgan fingerprint density at radius 3 is 2.70 bits per heavy atom. The number of hydrogen-bond acceptors (Lipinski definition) is 3. The largest absolute Gasteiger partial charge is 0.457 e. The molecule has 1 atom stereocenters. The molecule has 0 saturated carbocycles. The standard InChI is InChI=1S/C7H12O2S/c1-3-4-7(5-10)9-6(2)8/h5,7H,3-4H2,1-2H3. The SMILES string of the molecule is CCCC(C=S)OC(C)=O.